The lowest BCUT2D eigenvalue weighted by Gasteiger charge is -2.05. The molecule has 2 rings (SSSR count). The van der Waals surface area contributed by atoms with Gasteiger partial charge in [0.25, 0.3) is 0 Å². The number of nitrogens with one attached hydrogen (secondary N) is 1. The van der Waals surface area contributed by atoms with Gasteiger partial charge in [0.1, 0.15) is 15.6 Å². The SMILES string of the molecule is COC(=O)c1sc(NCCc2noc(C)n2)c(OC)c1N. The summed E-state index contributed by atoms with van der Waals surface area (Å²) < 4.78 is 14.8. The molecule has 9 heteroatoms. The first-order valence-electron chi connectivity index (χ1n) is 6.14. The second-order valence-corrected chi connectivity index (χ2v) is 5.13. The lowest BCUT2D eigenvalue weighted by atomic mass is 10.3. The van der Waals surface area contributed by atoms with Gasteiger partial charge in [0.05, 0.1) is 14.2 Å². The number of nitrogens with zero attached hydrogens (tertiary/aromatic N) is 2. The molecule has 2 aromatic rings. The van der Waals surface area contributed by atoms with Crippen LogP contribution in [0.5, 0.6) is 5.75 Å². The number of anilines is 2. The molecule has 0 aliphatic rings. The van der Waals surface area contributed by atoms with Gasteiger partial charge < -0.3 is 25.0 Å². The van der Waals surface area contributed by atoms with Crippen LogP contribution in [0.1, 0.15) is 21.4 Å². The van der Waals surface area contributed by atoms with Gasteiger partial charge in [-0.3, -0.25) is 0 Å². The van der Waals surface area contributed by atoms with E-state index in [1.807, 2.05) is 0 Å². The van der Waals surface area contributed by atoms with Crippen molar-refractivity contribution in [2.24, 2.45) is 0 Å². The molecule has 2 aromatic heterocycles. The molecule has 0 aromatic carbocycles. The van der Waals surface area contributed by atoms with Crippen LogP contribution in [0.4, 0.5) is 10.7 Å². The van der Waals surface area contributed by atoms with E-state index in [-0.39, 0.29) is 5.69 Å². The first-order chi connectivity index (χ1) is 10.1. The average molecular weight is 312 g/mol. The Morgan fingerprint density at radius 2 is 2.24 bits per heavy atom. The maximum atomic E-state index is 11.6. The quantitative estimate of drug-likeness (QED) is 0.771. The summed E-state index contributed by atoms with van der Waals surface area (Å²) in [5, 5.41) is 7.61. The summed E-state index contributed by atoms with van der Waals surface area (Å²) in [6.45, 7) is 2.28. The number of rotatable bonds is 6. The first kappa shape index (κ1) is 15.1. The van der Waals surface area contributed by atoms with E-state index in [1.54, 1.807) is 6.92 Å². The van der Waals surface area contributed by atoms with Crippen LogP contribution in [0, 0.1) is 6.92 Å². The van der Waals surface area contributed by atoms with Crippen molar-refractivity contribution >= 4 is 28.0 Å². The smallest absolute Gasteiger partial charge is 0.350 e. The largest absolute Gasteiger partial charge is 0.492 e. The van der Waals surface area contributed by atoms with Crippen molar-refractivity contribution in [3.8, 4) is 5.75 Å². The summed E-state index contributed by atoms with van der Waals surface area (Å²) in [4.78, 5) is 16.0. The fraction of sp³-hybridized carbons (Fsp3) is 0.417. The molecule has 2 heterocycles. The number of nitrogen functional groups attached to an aromatic ring is 1. The highest BCUT2D eigenvalue weighted by Crippen LogP contribution is 2.42. The van der Waals surface area contributed by atoms with E-state index in [4.69, 9.17) is 15.0 Å². The molecule has 0 radical (unpaired) electrons. The maximum absolute atomic E-state index is 11.6. The Balaban J connectivity index is 2.07. The molecule has 0 bridgehead atoms. The van der Waals surface area contributed by atoms with Gasteiger partial charge in [-0.25, -0.2) is 4.79 Å². The van der Waals surface area contributed by atoms with Gasteiger partial charge in [0.15, 0.2) is 11.6 Å². The van der Waals surface area contributed by atoms with Crippen LogP contribution in [0.2, 0.25) is 0 Å². The zero-order chi connectivity index (χ0) is 15.4. The molecule has 8 nitrogen and oxygen atoms in total. The number of ether oxygens (including phenoxy) is 2. The number of nitrogens with two attached hydrogens (primary N) is 1. The molecule has 0 spiro atoms. The van der Waals surface area contributed by atoms with Crippen LogP contribution in [0.3, 0.4) is 0 Å². The number of hydrogen-bond donors (Lipinski definition) is 2. The minimum atomic E-state index is -0.488. The van der Waals surface area contributed by atoms with Crippen LogP contribution >= 0.6 is 11.3 Å². The second kappa shape index (κ2) is 6.44. The number of esters is 1. The van der Waals surface area contributed by atoms with E-state index in [1.165, 1.54) is 25.6 Å². The Morgan fingerprint density at radius 3 is 2.81 bits per heavy atom. The highest BCUT2D eigenvalue weighted by Gasteiger charge is 2.22. The summed E-state index contributed by atoms with van der Waals surface area (Å²) >= 11 is 1.18. The zero-order valence-electron chi connectivity index (χ0n) is 11.9. The standard InChI is InChI=1S/C12H16N4O4S/c1-6-15-7(16-20-6)4-5-14-11-9(18-2)8(13)10(21-11)12(17)19-3/h14H,4-5,13H2,1-3H3. The third kappa shape index (κ3) is 3.24. The highest BCUT2D eigenvalue weighted by atomic mass is 32.1. The summed E-state index contributed by atoms with van der Waals surface area (Å²) in [6, 6.07) is 0. The predicted octanol–water partition coefficient (Wildman–Crippen LogP) is 1.47. The van der Waals surface area contributed by atoms with Crippen molar-refractivity contribution in [2.75, 3.05) is 31.8 Å². The molecule has 0 saturated heterocycles. The molecule has 0 amide bonds. The fourth-order valence-corrected chi connectivity index (χ4v) is 2.76. The molecule has 114 valence electrons. The molecular formula is C12H16N4O4S. The third-order valence-electron chi connectivity index (χ3n) is 2.68. The molecule has 0 unspecified atom stereocenters. The van der Waals surface area contributed by atoms with Gasteiger partial charge in [-0.15, -0.1) is 11.3 Å². The van der Waals surface area contributed by atoms with E-state index < -0.39 is 5.97 Å². The van der Waals surface area contributed by atoms with E-state index >= 15 is 0 Å². The fourth-order valence-electron chi connectivity index (χ4n) is 1.72. The predicted molar refractivity (Wildman–Crippen MR) is 77.9 cm³/mol. The van der Waals surface area contributed by atoms with E-state index in [9.17, 15) is 4.79 Å². The van der Waals surface area contributed by atoms with Crippen molar-refractivity contribution in [1.29, 1.82) is 0 Å². The minimum absolute atomic E-state index is 0.271. The Bertz CT molecular complexity index is 637. The van der Waals surface area contributed by atoms with Gasteiger partial charge in [0, 0.05) is 19.9 Å². The summed E-state index contributed by atoms with van der Waals surface area (Å²) in [6.07, 6.45) is 0.575. The number of aryl methyl sites for hydroxylation is 1. The number of methoxy groups -OCH3 is 2. The summed E-state index contributed by atoms with van der Waals surface area (Å²) in [5.41, 5.74) is 6.15. The molecule has 0 atom stereocenters. The second-order valence-electron chi connectivity index (χ2n) is 4.11. The Labute approximate surface area is 125 Å². The molecule has 0 fully saturated rings. The highest BCUT2D eigenvalue weighted by molar-refractivity contribution is 7.19. The van der Waals surface area contributed by atoms with E-state index in [2.05, 4.69) is 20.2 Å². The summed E-state index contributed by atoms with van der Waals surface area (Å²) in [5.74, 6) is 1.08. The molecule has 0 aliphatic carbocycles. The number of thiophene rings is 1. The van der Waals surface area contributed by atoms with Crippen LogP contribution in [0.15, 0.2) is 4.52 Å². The van der Waals surface area contributed by atoms with Gasteiger partial charge in [-0.2, -0.15) is 4.98 Å². The molecule has 3 N–H and O–H groups in total. The average Bonchev–Trinajstić information content (AvgIpc) is 3.02. The number of carbonyl (C=O) groups excluding carboxylic acids is 1. The van der Waals surface area contributed by atoms with Crippen LogP contribution in [-0.4, -0.2) is 36.9 Å². The minimum Gasteiger partial charge on any atom is -0.492 e. The Morgan fingerprint density at radius 1 is 1.48 bits per heavy atom. The molecule has 21 heavy (non-hydrogen) atoms. The molecule has 0 aliphatic heterocycles. The van der Waals surface area contributed by atoms with Gasteiger partial charge in [-0.05, 0) is 0 Å². The van der Waals surface area contributed by atoms with Gasteiger partial charge in [-0.1, -0.05) is 5.16 Å². The number of hydrogen-bond acceptors (Lipinski definition) is 9. The topological polar surface area (TPSA) is 112 Å². The van der Waals surface area contributed by atoms with Crippen molar-refractivity contribution in [1.82, 2.24) is 10.1 Å². The van der Waals surface area contributed by atoms with Crippen LogP contribution < -0.4 is 15.8 Å². The Hall–Kier alpha value is -2.29. The number of carbonyl (C=O) groups is 1. The molecule has 0 saturated carbocycles. The van der Waals surface area contributed by atoms with E-state index in [0.717, 1.165) is 0 Å². The van der Waals surface area contributed by atoms with E-state index in [0.29, 0.717) is 40.3 Å². The van der Waals surface area contributed by atoms with Crippen LogP contribution in [-0.2, 0) is 11.2 Å². The lowest BCUT2D eigenvalue weighted by molar-refractivity contribution is 0.0607. The first-order valence-corrected chi connectivity index (χ1v) is 6.96. The lowest BCUT2D eigenvalue weighted by Crippen LogP contribution is -2.06. The third-order valence-corrected chi connectivity index (χ3v) is 3.80. The zero-order valence-corrected chi connectivity index (χ0v) is 12.7. The van der Waals surface area contributed by atoms with Crippen molar-refractivity contribution in [3.05, 3.63) is 16.6 Å². The maximum Gasteiger partial charge on any atom is 0.350 e. The van der Waals surface area contributed by atoms with Crippen molar-refractivity contribution in [2.45, 2.75) is 13.3 Å². The number of aromatic nitrogens is 2. The monoisotopic (exact) mass is 312 g/mol. The van der Waals surface area contributed by atoms with Crippen molar-refractivity contribution in [3.63, 3.8) is 0 Å². The summed E-state index contributed by atoms with van der Waals surface area (Å²) in [7, 11) is 2.80. The van der Waals surface area contributed by atoms with Gasteiger partial charge >= 0.3 is 5.97 Å². The normalized spacial score (nSPS) is 10.4. The molecular weight excluding hydrogens is 296 g/mol. The van der Waals surface area contributed by atoms with Crippen LogP contribution in [0.25, 0.3) is 0 Å². The van der Waals surface area contributed by atoms with Gasteiger partial charge in [0.2, 0.25) is 5.89 Å². The Kier molecular flexibility index (Phi) is 4.63. The van der Waals surface area contributed by atoms with Crippen molar-refractivity contribution < 1.29 is 18.8 Å².